The molecule has 172 valence electrons. The minimum absolute atomic E-state index is 0. The average molecular weight is 477 g/mol. The number of nitrogens with zero attached hydrogens (tertiary/aromatic N) is 1. The number of nitrogens with two attached hydrogens (primary N) is 1. The lowest BCUT2D eigenvalue weighted by molar-refractivity contribution is -0.186. The lowest BCUT2D eigenvalue weighted by Crippen LogP contribution is -2.76. The number of hydrogen-bond donors (Lipinski definition) is 1. The van der Waals surface area contributed by atoms with Gasteiger partial charge >= 0.3 is 11.9 Å². The van der Waals surface area contributed by atoms with Crippen LogP contribution in [0.3, 0.4) is 0 Å². The predicted molar refractivity (Wildman–Crippen MR) is 114 cm³/mol. The molecule has 1 aromatic carbocycles. The maximum atomic E-state index is 13.7. The summed E-state index contributed by atoms with van der Waals surface area (Å²) >= 11 is 1.30. The lowest BCUT2D eigenvalue weighted by atomic mass is 9.94. The number of carbonyl (C=O) groups excluding carboxylic acids is 3. The Morgan fingerprint density at radius 3 is 2.61 bits per heavy atom. The molecule has 0 aliphatic carbocycles. The lowest BCUT2D eigenvalue weighted by Gasteiger charge is -2.55. The zero-order chi connectivity index (χ0) is 22.3. The van der Waals surface area contributed by atoms with Crippen LogP contribution in [0.1, 0.15) is 27.7 Å². The van der Waals surface area contributed by atoms with Crippen LogP contribution in [0.2, 0.25) is 0 Å². The fraction of sp³-hybridized carbons (Fsp3) is 0.550. The van der Waals surface area contributed by atoms with E-state index in [9.17, 15) is 18.8 Å². The topological polar surface area (TPSA) is 108 Å². The SMILES string of the molecule is CC1S[C@@H]2C(N)C(=O)N2CC1(Oc1cccc(F)c1)C(=O)OCOC(=O)C(C)(C)C.Cl. The molecule has 3 unspecified atom stereocenters. The van der Waals surface area contributed by atoms with Crippen LogP contribution in [0.4, 0.5) is 4.39 Å². The van der Waals surface area contributed by atoms with Crippen molar-refractivity contribution in [2.75, 3.05) is 13.3 Å². The molecule has 0 bridgehead atoms. The molecule has 31 heavy (non-hydrogen) atoms. The van der Waals surface area contributed by atoms with Crippen LogP contribution in [0.5, 0.6) is 5.75 Å². The Hall–Kier alpha value is -2.04. The second-order valence-electron chi connectivity index (χ2n) is 8.34. The number of fused-ring (bicyclic) bond motifs is 1. The number of rotatable bonds is 5. The molecule has 0 saturated carbocycles. The summed E-state index contributed by atoms with van der Waals surface area (Å²) in [4.78, 5) is 38.6. The summed E-state index contributed by atoms with van der Waals surface area (Å²) in [5, 5.41) is -0.754. The van der Waals surface area contributed by atoms with Crippen LogP contribution in [0, 0.1) is 11.2 Å². The molecule has 2 saturated heterocycles. The number of carbonyl (C=O) groups is 3. The molecule has 8 nitrogen and oxygen atoms in total. The molecule has 2 aliphatic heterocycles. The number of benzene rings is 1. The minimum atomic E-state index is -1.63. The molecule has 1 amide bonds. The Morgan fingerprint density at radius 1 is 1.32 bits per heavy atom. The van der Waals surface area contributed by atoms with Crippen molar-refractivity contribution in [3.05, 3.63) is 30.1 Å². The Labute approximate surface area is 190 Å². The van der Waals surface area contributed by atoms with Gasteiger partial charge in [0.2, 0.25) is 18.3 Å². The van der Waals surface area contributed by atoms with Gasteiger partial charge in [0, 0.05) is 6.07 Å². The van der Waals surface area contributed by atoms with Gasteiger partial charge in [-0.2, -0.15) is 0 Å². The number of halogens is 2. The summed E-state index contributed by atoms with van der Waals surface area (Å²) in [6.45, 7) is 6.05. The van der Waals surface area contributed by atoms with Crippen molar-refractivity contribution in [2.45, 2.75) is 50.0 Å². The van der Waals surface area contributed by atoms with E-state index in [4.69, 9.17) is 19.9 Å². The Bertz CT molecular complexity index is 866. The first kappa shape index (κ1) is 25.2. The number of esters is 2. The van der Waals surface area contributed by atoms with E-state index in [0.717, 1.165) is 6.07 Å². The zero-order valence-electron chi connectivity index (χ0n) is 17.6. The fourth-order valence-electron chi connectivity index (χ4n) is 3.18. The van der Waals surface area contributed by atoms with Crippen LogP contribution in [0.15, 0.2) is 24.3 Å². The summed E-state index contributed by atoms with van der Waals surface area (Å²) in [5.74, 6) is -2.09. The van der Waals surface area contributed by atoms with E-state index in [1.165, 1.54) is 34.9 Å². The molecular formula is C20H26ClFN2O6S. The van der Waals surface area contributed by atoms with E-state index < -0.39 is 46.9 Å². The molecule has 0 aromatic heterocycles. The maximum absolute atomic E-state index is 13.7. The predicted octanol–water partition coefficient (Wildman–Crippen LogP) is 2.09. The Kier molecular flexibility index (Phi) is 7.50. The van der Waals surface area contributed by atoms with Gasteiger partial charge in [0.1, 0.15) is 23.0 Å². The molecule has 4 atom stereocenters. The summed E-state index contributed by atoms with van der Waals surface area (Å²) < 4.78 is 29.8. The first-order chi connectivity index (χ1) is 14.0. The largest absolute Gasteiger partial charge is 0.472 e. The van der Waals surface area contributed by atoms with Gasteiger partial charge in [0.05, 0.1) is 17.2 Å². The molecule has 3 rings (SSSR count). The minimum Gasteiger partial charge on any atom is -0.472 e. The zero-order valence-corrected chi connectivity index (χ0v) is 19.3. The second-order valence-corrected chi connectivity index (χ2v) is 9.80. The van der Waals surface area contributed by atoms with Gasteiger partial charge in [0.15, 0.2) is 0 Å². The number of thioether (sulfide) groups is 1. The molecule has 11 heteroatoms. The van der Waals surface area contributed by atoms with Gasteiger partial charge in [-0.15, -0.1) is 24.2 Å². The quantitative estimate of drug-likeness (QED) is 0.391. The normalized spacial score (nSPS) is 27.4. The monoisotopic (exact) mass is 476 g/mol. The van der Waals surface area contributed by atoms with E-state index in [-0.39, 0.29) is 36.0 Å². The standard InChI is InChI=1S/C20H25FN2O6S.ClH/c1-11-20(29-13-7-5-6-12(21)8-13,9-23-15(24)14(22)16(23)30-11)18(26)28-10-27-17(25)19(2,3)4;/h5-8,11,14,16H,9-10,22H2,1-4H3;1H/t11?,14?,16-,20?;/m1./s1. The summed E-state index contributed by atoms with van der Waals surface area (Å²) in [6, 6.07) is 4.69. The highest BCUT2D eigenvalue weighted by Gasteiger charge is 2.61. The Balaban J connectivity index is 0.00000341. The van der Waals surface area contributed by atoms with E-state index in [0.29, 0.717) is 0 Å². The third kappa shape index (κ3) is 4.91. The molecule has 2 fully saturated rings. The number of hydrogen-bond acceptors (Lipinski definition) is 8. The van der Waals surface area contributed by atoms with Crippen LogP contribution < -0.4 is 10.5 Å². The van der Waals surface area contributed by atoms with Crippen molar-refractivity contribution in [1.82, 2.24) is 4.90 Å². The number of amides is 1. The van der Waals surface area contributed by atoms with Gasteiger partial charge < -0.3 is 24.8 Å². The maximum Gasteiger partial charge on any atom is 0.356 e. The average Bonchev–Trinajstić information content (AvgIpc) is 2.67. The van der Waals surface area contributed by atoms with Crippen molar-refractivity contribution in [1.29, 1.82) is 0 Å². The summed E-state index contributed by atoms with van der Waals surface area (Å²) in [6.07, 6.45) is 0. The molecule has 0 radical (unpaired) electrons. The molecule has 2 aliphatic rings. The smallest absolute Gasteiger partial charge is 0.356 e. The molecular weight excluding hydrogens is 451 g/mol. The van der Waals surface area contributed by atoms with Gasteiger partial charge in [-0.3, -0.25) is 9.59 Å². The van der Waals surface area contributed by atoms with E-state index in [2.05, 4.69) is 0 Å². The van der Waals surface area contributed by atoms with Gasteiger partial charge in [-0.25, -0.2) is 9.18 Å². The van der Waals surface area contributed by atoms with E-state index in [1.54, 1.807) is 27.7 Å². The number of ether oxygens (including phenoxy) is 3. The van der Waals surface area contributed by atoms with Crippen molar-refractivity contribution in [2.24, 2.45) is 11.1 Å². The third-order valence-electron chi connectivity index (χ3n) is 5.02. The molecule has 1 aromatic rings. The summed E-state index contributed by atoms with van der Waals surface area (Å²) in [7, 11) is 0. The molecule has 0 spiro atoms. The van der Waals surface area contributed by atoms with Crippen LogP contribution in [-0.4, -0.2) is 58.4 Å². The highest BCUT2D eigenvalue weighted by molar-refractivity contribution is 8.00. The van der Waals surface area contributed by atoms with Crippen molar-refractivity contribution >= 4 is 42.0 Å². The van der Waals surface area contributed by atoms with Gasteiger partial charge in [0.25, 0.3) is 0 Å². The van der Waals surface area contributed by atoms with Crippen LogP contribution in [-0.2, 0) is 23.9 Å². The van der Waals surface area contributed by atoms with Crippen molar-refractivity contribution < 1.29 is 33.0 Å². The first-order valence-electron chi connectivity index (χ1n) is 9.46. The van der Waals surface area contributed by atoms with E-state index >= 15 is 0 Å². The molecule has 2 N–H and O–H groups in total. The van der Waals surface area contributed by atoms with Gasteiger partial charge in [-0.1, -0.05) is 6.07 Å². The van der Waals surface area contributed by atoms with Gasteiger partial charge in [-0.05, 0) is 39.8 Å². The third-order valence-corrected chi connectivity index (χ3v) is 6.64. The second kappa shape index (κ2) is 9.22. The Morgan fingerprint density at radius 2 is 2.00 bits per heavy atom. The summed E-state index contributed by atoms with van der Waals surface area (Å²) in [5.41, 5.74) is 3.47. The molecule has 2 heterocycles. The number of β-lactam (4-membered cyclic amide) rings is 1. The van der Waals surface area contributed by atoms with Crippen molar-refractivity contribution in [3.63, 3.8) is 0 Å². The van der Waals surface area contributed by atoms with E-state index in [1.807, 2.05) is 0 Å². The fourth-order valence-corrected chi connectivity index (χ4v) is 4.65. The highest BCUT2D eigenvalue weighted by Crippen LogP contribution is 2.44. The highest BCUT2D eigenvalue weighted by atomic mass is 35.5. The first-order valence-corrected chi connectivity index (χ1v) is 10.4. The van der Waals surface area contributed by atoms with Crippen molar-refractivity contribution in [3.8, 4) is 5.75 Å². The van der Waals surface area contributed by atoms with Crippen LogP contribution in [0.25, 0.3) is 0 Å². The van der Waals surface area contributed by atoms with Crippen LogP contribution >= 0.6 is 24.2 Å².